The predicted molar refractivity (Wildman–Crippen MR) is 100 cm³/mol. The van der Waals surface area contributed by atoms with E-state index in [2.05, 4.69) is 11.0 Å². The summed E-state index contributed by atoms with van der Waals surface area (Å²) >= 11 is 6.13. The molecule has 6 heteroatoms. The van der Waals surface area contributed by atoms with Gasteiger partial charge in [0.15, 0.2) is 0 Å². The highest BCUT2D eigenvalue weighted by molar-refractivity contribution is 6.33. The van der Waals surface area contributed by atoms with E-state index in [1.807, 2.05) is 36.4 Å². The number of benzene rings is 2. The molecule has 0 aromatic heterocycles. The van der Waals surface area contributed by atoms with Crippen LogP contribution in [-0.2, 0) is 0 Å². The lowest BCUT2D eigenvalue weighted by Gasteiger charge is -2.37. The summed E-state index contributed by atoms with van der Waals surface area (Å²) in [6.45, 7) is 2.41. The van der Waals surface area contributed by atoms with Gasteiger partial charge in [-0.05, 0) is 29.8 Å². The number of carbonyl (C=O) groups is 1. The van der Waals surface area contributed by atoms with E-state index in [0.29, 0.717) is 36.8 Å². The Kier molecular flexibility index (Phi) is 5.77. The van der Waals surface area contributed by atoms with Crippen LogP contribution in [0.1, 0.15) is 22.0 Å². The molecule has 26 heavy (non-hydrogen) atoms. The fourth-order valence-corrected chi connectivity index (χ4v) is 3.36. The number of hydrogen-bond donors (Lipinski definition) is 0. The molecule has 1 amide bonds. The second-order valence-electron chi connectivity index (χ2n) is 6.11. The van der Waals surface area contributed by atoms with Gasteiger partial charge in [0, 0.05) is 26.2 Å². The maximum absolute atomic E-state index is 12.7. The van der Waals surface area contributed by atoms with Gasteiger partial charge < -0.3 is 9.64 Å². The first-order valence-electron chi connectivity index (χ1n) is 8.45. The van der Waals surface area contributed by atoms with Crippen LogP contribution < -0.4 is 4.74 Å². The molecule has 0 bridgehead atoms. The van der Waals surface area contributed by atoms with Crippen molar-refractivity contribution >= 4 is 17.5 Å². The van der Waals surface area contributed by atoms with E-state index in [4.69, 9.17) is 16.3 Å². The molecule has 2 aromatic rings. The molecule has 2 aromatic carbocycles. The number of nitrogens with zero attached hydrogens (tertiary/aromatic N) is 3. The van der Waals surface area contributed by atoms with E-state index in [1.165, 1.54) is 0 Å². The Hall–Kier alpha value is -2.55. The number of hydrogen-bond acceptors (Lipinski definition) is 4. The average molecular weight is 370 g/mol. The molecule has 1 aliphatic rings. The Morgan fingerprint density at radius 3 is 2.35 bits per heavy atom. The van der Waals surface area contributed by atoms with Crippen molar-refractivity contribution in [2.24, 2.45) is 0 Å². The largest absolute Gasteiger partial charge is 0.497 e. The normalized spacial score (nSPS) is 16.0. The number of halogens is 1. The molecule has 1 saturated heterocycles. The quantitative estimate of drug-likeness (QED) is 0.829. The molecule has 1 unspecified atom stereocenters. The summed E-state index contributed by atoms with van der Waals surface area (Å²) in [6, 6.07) is 16.7. The maximum Gasteiger partial charge on any atom is 0.255 e. The zero-order chi connectivity index (χ0) is 18.5. The number of rotatable bonds is 4. The number of carbonyl (C=O) groups excluding carboxylic acids is 1. The molecular formula is C20H20ClN3O2. The highest BCUT2D eigenvalue weighted by atomic mass is 35.5. The molecule has 0 N–H and O–H groups in total. The van der Waals surface area contributed by atoms with Gasteiger partial charge in [0.05, 0.1) is 23.8 Å². The maximum atomic E-state index is 12.7. The van der Waals surface area contributed by atoms with E-state index >= 15 is 0 Å². The zero-order valence-corrected chi connectivity index (χ0v) is 15.3. The van der Waals surface area contributed by atoms with Crippen LogP contribution in [0.25, 0.3) is 0 Å². The number of piperazine rings is 1. The van der Waals surface area contributed by atoms with Gasteiger partial charge in [-0.1, -0.05) is 35.9 Å². The number of amides is 1. The van der Waals surface area contributed by atoms with Crippen LogP contribution in [0.5, 0.6) is 5.75 Å². The van der Waals surface area contributed by atoms with E-state index in [-0.39, 0.29) is 11.9 Å². The molecule has 0 saturated carbocycles. The summed E-state index contributed by atoms with van der Waals surface area (Å²) in [6.07, 6.45) is 0. The zero-order valence-electron chi connectivity index (χ0n) is 14.6. The lowest BCUT2D eigenvalue weighted by molar-refractivity contribution is 0.0606. The molecule has 134 valence electrons. The van der Waals surface area contributed by atoms with Crippen molar-refractivity contribution in [3.63, 3.8) is 0 Å². The number of ether oxygens (including phenoxy) is 1. The SMILES string of the molecule is COc1ccc(C(C#N)N2CCN(C(=O)c3ccccc3Cl)CC2)cc1. The summed E-state index contributed by atoms with van der Waals surface area (Å²) in [5.41, 5.74) is 1.45. The second-order valence-corrected chi connectivity index (χ2v) is 6.52. The molecule has 3 rings (SSSR count). The minimum atomic E-state index is -0.335. The first kappa shape index (κ1) is 18.2. The standard InChI is InChI=1S/C20H20ClN3O2/c1-26-16-8-6-15(7-9-16)19(14-22)23-10-12-24(13-11-23)20(25)17-4-2-3-5-18(17)21/h2-9,19H,10-13H2,1H3. The van der Waals surface area contributed by atoms with Gasteiger partial charge in [-0.25, -0.2) is 0 Å². The van der Waals surface area contributed by atoms with Crippen molar-refractivity contribution < 1.29 is 9.53 Å². The lowest BCUT2D eigenvalue weighted by atomic mass is 10.1. The van der Waals surface area contributed by atoms with E-state index in [9.17, 15) is 10.1 Å². The van der Waals surface area contributed by atoms with Gasteiger partial charge in [-0.3, -0.25) is 9.69 Å². The smallest absolute Gasteiger partial charge is 0.255 e. The molecule has 5 nitrogen and oxygen atoms in total. The topological polar surface area (TPSA) is 56.6 Å². The second kappa shape index (κ2) is 8.22. The summed E-state index contributed by atoms with van der Waals surface area (Å²) in [5.74, 6) is 0.703. The van der Waals surface area contributed by atoms with E-state index < -0.39 is 0 Å². The average Bonchev–Trinajstić information content (AvgIpc) is 2.69. The van der Waals surface area contributed by atoms with Crippen molar-refractivity contribution in [3.05, 3.63) is 64.7 Å². The van der Waals surface area contributed by atoms with Gasteiger partial charge in [-0.15, -0.1) is 0 Å². The van der Waals surface area contributed by atoms with Crippen LogP contribution in [0.15, 0.2) is 48.5 Å². The van der Waals surface area contributed by atoms with Crippen molar-refractivity contribution in [2.45, 2.75) is 6.04 Å². The van der Waals surface area contributed by atoms with Crippen LogP contribution in [-0.4, -0.2) is 49.0 Å². The van der Waals surface area contributed by atoms with Gasteiger partial charge in [0.2, 0.25) is 0 Å². The van der Waals surface area contributed by atoms with Crippen LogP contribution in [0, 0.1) is 11.3 Å². The summed E-state index contributed by atoms with van der Waals surface area (Å²) in [7, 11) is 1.62. The van der Waals surface area contributed by atoms with Crippen molar-refractivity contribution in [1.29, 1.82) is 5.26 Å². The molecular weight excluding hydrogens is 350 g/mol. The highest BCUT2D eigenvalue weighted by Gasteiger charge is 2.28. The van der Waals surface area contributed by atoms with Crippen LogP contribution >= 0.6 is 11.6 Å². The molecule has 1 fully saturated rings. The Labute approximate surface area is 158 Å². The van der Waals surface area contributed by atoms with Gasteiger partial charge in [-0.2, -0.15) is 5.26 Å². The minimum Gasteiger partial charge on any atom is -0.497 e. The third-order valence-electron chi connectivity index (χ3n) is 4.62. The molecule has 0 spiro atoms. The fraction of sp³-hybridized carbons (Fsp3) is 0.300. The number of nitriles is 1. The van der Waals surface area contributed by atoms with Crippen molar-refractivity contribution in [3.8, 4) is 11.8 Å². The van der Waals surface area contributed by atoms with Crippen LogP contribution in [0.3, 0.4) is 0 Å². The third kappa shape index (κ3) is 3.82. The van der Waals surface area contributed by atoms with Crippen LogP contribution in [0.2, 0.25) is 5.02 Å². The molecule has 0 aliphatic carbocycles. The third-order valence-corrected chi connectivity index (χ3v) is 4.95. The first-order chi connectivity index (χ1) is 12.6. The summed E-state index contributed by atoms with van der Waals surface area (Å²) in [4.78, 5) is 16.5. The van der Waals surface area contributed by atoms with Crippen LogP contribution in [0.4, 0.5) is 0 Å². The predicted octanol–water partition coefficient (Wildman–Crippen LogP) is 3.37. The van der Waals surface area contributed by atoms with Crippen molar-refractivity contribution in [1.82, 2.24) is 9.80 Å². The van der Waals surface area contributed by atoms with E-state index in [1.54, 1.807) is 24.1 Å². The van der Waals surface area contributed by atoms with Gasteiger partial charge in [0.1, 0.15) is 11.8 Å². The minimum absolute atomic E-state index is 0.0618. The Morgan fingerprint density at radius 2 is 1.77 bits per heavy atom. The number of methoxy groups -OCH3 is 1. The molecule has 1 aliphatic heterocycles. The fourth-order valence-electron chi connectivity index (χ4n) is 3.14. The molecule has 1 heterocycles. The Bertz CT molecular complexity index is 809. The van der Waals surface area contributed by atoms with Gasteiger partial charge >= 0.3 is 0 Å². The molecule has 0 radical (unpaired) electrons. The summed E-state index contributed by atoms with van der Waals surface area (Å²) in [5, 5.41) is 10.1. The Morgan fingerprint density at radius 1 is 1.12 bits per heavy atom. The Balaban J connectivity index is 1.66. The lowest BCUT2D eigenvalue weighted by Crippen LogP contribution is -2.49. The van der Waals surface area contributed by atoms with E-state index in [0.717, 1.165) is 11.3 Å². The monoisotopic (exact) mass is 369 g/mol. The first-order valence-corrected chi connectivity index (χ1v) is 8.83. The highest BCUT2D eigenvalue weighted by Crippen LogP contribution is 2.25. The van der Waals surface area contributed by atoms with Gasteiger partial charge in [0.25, 0.3) is 5.91 Å². The van der Waals surface area contributed by atoms with Crippen molar-refractivity contribution in [2.75, 3.05) is 33.3 Å². The summed E-state index contributed by atoms with van der Waals surface area (Å²) < 4.78 is 5.17. The molecule has 1 atom stereocenters.